The van der Waals surface area contributed by atoms with Crippen LogP contribution in [0.2, 0.25) is 0 Å². The minimum absolute atomic E-state index is 0.597. The Morgan fingerprint density at radius 1 is 0.963 bits per heavy atom. The average molecular weight is 381 g/mol. The minimum Gasteiger partial charge on any atom is -0.494 e. The molecule has 0 aliphatic rings. The Hall–Kier alpha value is -2.66. The van der Waals surface area contributed by atoms with Crippen LogP contribution in [0.4, 0.5) is 10.5 Å². The molecule has 5 heteroatoms. The first-order valence-electron chi connectivity index (χ1n) is 9.13. The van der Waals surface area contributed by atoms with Gasteiger partial charge in [-0.15, -0.1) is 0 Å². The van der Waals surface area contributed by atoms with Crippen LogP contribution in [0.25, 0.3) is 10.8 Å². The van der Waals surface area contributed by atoms with Crippen LogP contribution in [-0.2, 0) is 6.42 Å². The number of fused-ring (bicyclic) bond motifs is 1. The number of nitrogens with zero attached hydrogens (tertiary/aromatic N) is 1. The zero-order valence-electron chi connectivity index (χ0n) is 15.2. The molecule has 2 N–H and O–H groups in total. The van der Waals surface area contributed by atoms with E-state index in [0.29, 0.717) is 18.0 Å². The van der Waals surface area contributed by atoms with E-state index in [9.17, 15) is 4.79 Å². The number of urea groups is 1. The Morgan fingerprint density at radius 3 is 2.59 bits per heavy atom. The lowest BCUT2D eigenvalue weighted by molar-refractivity contribution is 0.257. The summed E-state index contributed by atoms with van der Waals surface area (Å²) < 4.78 is 6.88. The Kier molecular flexibility index (Phi) is 6.60. The van der Waals surface area contributed by atoms with Gasteiger partial charge in [0.1, 0.15) is 5.75 Å². The van der Waals surface area contributed by atoms with Crippen molar-refractivity contribution in [2.45, 2.75) is 25.7 Å². The first-order chi connectivity index (χ1) is 13.1. The average Bonchev–Trinajstić information content (AvgIpc) is 2.70. The number of hydrogen-bond acceptors (Lipinski definition) is 3. The van der Waals surface area contributed by atoms with Gasteiger partial charge in [0.05, 0.1) is 12.3 Å². The Balaban J connectivity index is 1.43. The quantitative estimate of drug-likeness (QED) is 0.408. The van der Waals surface area contributed by atoms with Crippen molar-refractivity contribution >= 4 is 35.3 Å². The van der Waals surface area contributed by atoms with Crippen LogP contribution >= 0.6 is 12.8 Å². The van der Waals surface area contributed by atoms with E-state index in [1.165, 1.54) is 16.3 Å². The van der Waals surface area contributed by atoms with E-state index < -0.39 is 6.03 Å². The summed E-state index contributed by atoms with van der Waals surface area (Å²) in [5.41, 5.74) is 7.23. The van der Waals surface area contributed by atoms with Gasteiger partial charge in [-0.1, -0.05) is 61.3 Å². The number of anilines is 1. The lowest BCUT2D eigenvalue weighted by Gasteiger charge is -2.14. The Morgan fingerprint density at radius 2 is 1.74 bits per heavy atom. The third-order valence-corrected chi connectivity index (χ3v) is 4.94. The van der Waals surface area contributed by atoms with E-state index >= 15 is 0 Å². The molecule has 0 radical (unpaired) electrons. The van der Waals surface area contributed by atoms with Gasteiger partial charge in [0.15, 0.2) is 0 Å². The van der Waals surface area contributed by atoms with Crippen molar-refractivity contribution in [2.75, 3.05) is 10.9 Å². The van der Waals surface area contributed by atoms with E-state index in [4.69, 9.17) is 10.5 Å². The van der Waals surface area contributed by atoms with Crippen molar-refractivity contribution in [3.8, 4) is 5.75 Å². The zero-order chi connectivity index (χ0) is 19.1. The van der Waals surface area contributed by atoms with Gasteiger partial charge in [-0.2, -0.15) is 0 Å². The summed E-state index contributed by atoms with van der Waals surface area (Å²) in [7, 11) is 0. The number of ether oxygens (including phenoxy) is 1. The van der Waals surface area contributed by atoms with Gasteiger partial charge in [-0.05, 0) is 54.2 Å². The topological polar surface area (TPSA) is 55.6 Å². The van der Waals surface area contributed by atoms with E-state index in [2.05, 4.69) is 55.3 Å². The number of unbranched alkanes of at least 4 members (excludes halogenated alkanes) is 2. The number of benzene rings is 3. The fourth-order valence-electron chi connectivity index (χ4n) is 3.13. The van der Waals surface area contributed by atoms with Crippen LogP contribution in [0.3, 0.4) is 0 Å². The predicted octanol–water partition coefficient (Wildman–Crippen LogP) is 5.36. The van der Waals surface area contributed by atoms with Crippen molar-refractivity contribution in [1.82, 2.24) is 0 Å². The maximum Gasteiger partial charge on any atom is 0.329 e. The van der Waals surface area contributed by atoms with Crippen LogP contribution in [0.1, 0.15) is 24.8 Å². The summed E-state index contributed by atoms with van der Waals surface area (Å²) >= 11 is 4.06. The smallest absolute Gasteiger partial charge is 0.329 e. The molecule has 0 fully saturated rings. The summed E-state index contributed by atoms with van der Waals surface area (Å²) in [5.74, 6) is 0.710. The molecule has 0 unspecified atom stereocenters. The maximum atomic E-state index is 11.2. The van der Waals surface area contributed by atoms with E-state index in [1.807, 2.05) is 12.1 Å². The molecule has 0 saturated carbocycles. The third kappa shape index (κ3) is 5.17. The molecule has 0 aliphatic heterocycles. The molecule has 0 aromatic heterocycles. The molecule has 140 valence electrons. The molecule has 0 atom stereocenters. The van der Waals surface area contributed by atoms with Crippen molar-refractivity contribution in [3.05, 3.63) is 72.3 Å². The molecule has 0 spiro atoms. The summed E-state index contributed by atoms with van der Waals surface area (Å²) in [6.45, 7) is 0.641. The number of rotatable bonds is 8. The van der Waals surface area contributed by atoms with Crippen molar-refractivity contribution in [2.24, 2.45) is 5.73 Å². The normalized spacial score (nSPS) is 10.7. The standard InChI is InChI=1S/C22H24N2O2S/c23-22(25)24(27)19-12-7-13-20(16-19)26-15-5-1-2-8-17-10-6-11-18-9-3-4-14-21(17)18/h3-4,6-7,9-14,16,27H,1-2,5,8,15H2,(H2,23,25). The number of aryl methyl sites for hydroxylation is 1. The highest BCUT2D eigenvalue weighted by Crippen LogP contribution is 2.23. The van der Waals surface area contributed by atoms with Gasteiger partial charge in [0.25, 0.3) is 0 Å². The van der Waals surface area contributed by atoms with E-state index in [-0.39, 0.29) is 0 Å². The first kappa shape index (κ1) is 19.1. The van der Waals surface area contributed by atoms with Crippen molar-refractivity contribution in [1.29, 1.82) is 0 Å². The van der Waals surface area contributed by atoms with Crippen LogP contribution in [-0.4, -0.2) is 12.6 Å². The van der Waals surface area contributed by atoms with Crippen LogP contribution in [0.5, 0.6) is 5.75 Å². The SMILES string of the molecule is NC(=O)N(S)c1cccc(OCCCCCc2cccc3ccccc23)c1. The van der Waals surface area contributed by atoms with Crippen LogP contribution < -0.4 is 14.8 Å². The molecule has 2 amide bonds. The number of hydrogen-bond donors (Lipinski definition) is 2. The van der Waals surface area contributed by atoms with Crippen LogP contribution in [0, 0.1) is 0 Å². The number of carbonyl (C=O) groups excluding carboxylic acids is 1. The van der Waals surface area contributed by atoms with Gasteiger partial charge in [0.2, 0.25) is 0 Å². The number of carbonyl (C=O) groups is 1. The van der Waals surface area contributed by atoms with Crippen molar-refractivity contribution < 1.29 is 9.53 Å². The molecular weight excluding hydrogens is 356 g/mol. The van der Waals surface area contributed by atoms with Gasteiger partial charge in [-0.3, -0.25) is 0 Å². The number of primary amides is 1. The largest absolute Gasteiger partial charge is 0.494 e. The zero-order valence-corrected chi connectivity index (χ0v) is 16.1. The molecule has 0 heterocycles. The Bertz CT molecular complexity index is 908. The summed E-state index contributed by atoms with van der Waals surface area (Å²) in [5, 5.41) is 2.64. The second-order valence-corrected chi connectivity index (χ2v) is 6.84. The third-order valence-electron chi connectivity index (χ3n) is 4.51. The Labute approximate surface area is 165 Å². The molecule has 3 rings (SSSR count). The van der Waals surface area contributed by atoms with E-state index in [0.717, 1.165) is 30.0 Å². The lowest BCUT2D eigenvalue weighted by Crippen LogP contribution is -2.27. The summed E-state index contributed by atoms with van der Waals surface area (Å²) in [4.78, 5) is 11.2. The number of nitrogens with two attached hydrogens (primary N) is 1. The second-order valence-electron chi connectivity index (χ2n) is 6.44. The van der Waals surface area contributed by atoms with Crippen LogP contribution in [0.15, 0.2) is 66.7 Å². The lowest BCUT2D eigenvalue weighted by atomic mass is 10.00. The molecule has 0 saturated heterocycles. The summed E-state index contributed by atoms with van der Waals surface area (Å²) in [6.07, 6.45) is 4.28. The summed E-state index contributed by atoms with van der Waals surface area (Å²) in [6, 6.07) is 21.6. The van der Waals surface area contributed by atoms with E-state index in [1.54, 1.807) is 12.1 Å². The predicted molar refractivity (Wildman–Crippen MR) is 114 cm³/mol. The molecular formula is C22H24N2O2S. The first-order valence-corrected chi connectivity index (χ1v) is 9.53. The molecule has 0 bridgehead atoms. The molecule has 4 nitrogen and oxygen atoms in total. The highest BCUT2D eigenvalue weighted by atomic mass is 32.1. The number of amides is 2. The fourth-order valence-corrected chi connectivity index (χ4v) is 3.25. The molecule has 3 aromatic carbocycles. The molecule has 0 aliphatic carbocycles. The van der Waals surface area contributed by atoms with Gasteiger partial charge in [-0.25, -0.2) is 9.10 Å². The monoisotopic (exact) mass is 380 g/mol. The number of thiol groups is 1. The highest BCUT2D eigenvalue weighted by Gasteiger charge is 2.08. The molecule has 3 aromatic rings. The highest BCUT2D eigenvalue weighted by molar-refractivity contribution is 7.82. The maximum absolute atomic E-state index is 11.2. The molecule has 27 heavy (non-hydrogen) atoms. The van der Waals surface area contributed by atoms with Gasteiger partial charge >= 0.3 is 6.03 Å². The van der Waals surface area contributed by atoms with Gasteiger partial charge in [0, 0.05) is 6.07 Å². The second kappa shape index (κ2) is 9.33. The minimum atomic E-state index is -0.621. The van der Waals surface area contributed by atoms with Gasteiger partial charge < -0.3 is 10.5 Å². The van der Waals surface area contributed by atoms with Crippen molar-refractivity contribution in [3.63, 3.8) is 0 Å². The fraction of sp³-hybridized carbons (Fsp3) is 0.227.